The number of carbonyl (C=O) groups is 3. The summed E-state index contributed by atoms with van der Waals surface area (Å²) in [6, 6.07) is 16.6. The summed E-state index contributed by atoms with van der Waals surface area (Å²) < 4.78 is 0. The van der Waals surface area contributed by atoms with Gasteiger partial charge in [0.1, 0.15) is 0 Å². The number of carboxylic acid groups (broad SMARTS) is 3. The third-order valence-electron chi connectivity index (χ3n) is 3.35. The topological polar surface area (TPSA) is 181 Å². The summed E-state index contributed by atoms with van der Waals surface area (Å²) in [6.07, 6.45) is 0. The molecule has 1 radical (unpaired) electrons. The van der Waals surface area contributed by atoms with Crippen molar-refractivity contribution in [2.24, 2.45) is 0 Å². The molecule has 9 nitrogen and oxygen atoms in total. The number of aromatic carboxylic acids is 3. The number of benzene rings is 3. The molecule has 0 aliphatic carbocycles. The number of para-hydroxylation sites is 3. The van der Waals surface area contributed by atoms with Gasteiger partial charge in [-0.25, -0.2) is 14.4 Å². The molecule has 0 bridgehead atoms. The minimum absolute atomic E-state index is 0. The summed E-state index contributed by atoms with van der Waals surface area (Å²) >= 11 is 0. The van der Waals surface area contributed by atoms with Crippen molar-refractivity contribution in [3.8, 4) is 17.2 Å². The van der Waals surface area contributed by atoms with Crippen LogP contribution in [-0.2, 0) is 21.7 Å². The Morgan fingerprint density at radius 2 is 0.677 bits per heavy atom. The normalized spacial score (nSPS) is 8.90. The van der Waals surface area contributed by atoms with Gasteiger partial charge in [0.2, 0.25) is 0 Å². The zero-order chi connectivity index (χ0) is 22.7. The van der Waals surface area contributed by atoms with E-state index >= 15 is 0 Å². The molecule has 31 heavy (non-hydrogen) atoms. The summed E-state index contributed by atoms with van der Waals surface area (Å²) in [5.41, 5.74) is -0.535. The molecule has 3 aromatic carbocycles. The molecule has 3 rings (SSSR count). The molecule has 0 heterocycles. The van der Waals surface area contributed by atoms with Gasteiger partial charge >= 0.3 is 39.6 Å². The zero-order valence-electron chi connectivity index (χ0n) is 15.7. The van der Waals surface area contributed by atoms with Crippen LogP contribution in [0, 0.1) is 0 Å². The molecule has 0 fully saturated rings. The van der Waals surface area contributed by atoms with Crippen molar-refractivity contribution in [3.05, 3.63) is 89.5 Å². The maximum atomic E-state index is 10.7. The number of carboxylic acids is 3. The van der Waals surface area contributed by atoms with Gasteiger partial charge in [-0.2, -0.15) is 0 Å². The Hall–Kier alpha value is -3.82. The third-order valence-corrected chi connectivity index (χ3v) is 3.35. The summed E-state index contributed by atoms with van der Waals surface area (Å²) in [6.45, 7) is 0. The van der Waals surface area contributed by atoms with Gasteiger partial charge in [0.05, 0.1) is 16.7 Å². The molecule has 3 N–H and O–H groups in total. The first-order chi connectivity index (χ1) is 14.1. The predicted molar refractivity (Wildman–Crippen MR) is 98.5 cm³/mol. The van der Waals surface area contributed by atoms with Crippen LogP contribution in [0.15, 0.2) is 72.8 Å². The van der Waals surface area contributed by atoms with Gasteiger partial charge in [-0.1, -0.05) is 71.8 Å². The van der Waals surface area contributed by atoms with Gasteiger partial charge < -0.3 is 30.6 Å². The number of rotatable bonds is 3. The van der Waals surface area contributed by atoms with Gasteiger partial charge in [-0.15, -0.1) is 0 Å². The molecule has 0 saturated carbocycles. The van der Waals surface area contributed by atoms with Gasteiger partial charge in [-0.05, 0) is 18.2 Å². The SMILES string of the molecule is O=C(O)c1ccccc1[O-].O=C(O)c1ccccc1[O-].O=C(O)c1ccccc1[O-].[Ti+3]. The fourth-order valence-corrected chi connectivity index (χ4v) is 1.93. The van der Waals surface area contributed by atoms with Crippen molar-refractivity contribution in [3.63, 3.8) is 0 Å². The maximum absolute atomic E-state index is 10.7. The predicted octanol–water partition coefficient (Wildman–Crippen LogP) is 1.37. The summed E-state index contributed by atoms with van der Waals surface area (Å²) in [5.74, 6) is -4.87. The van der Waals surface area contributed by atoms with E-state index in [9.17, 15) is 29.7 Å². The molecule has 0 atom stereocenters. The molecule has 0 spiro atoms. The Kier molecular flexibility index (Phi) is 11.8. The van der Waals surface area contributed by atoms with Crippen LogP contribution in [0.2, 0.25) is 0 Å². The van der Waals surface area contributed by atoms with Crippen LogP contribution < -0.4 is 15.3 Å². The first-order valence-corrected chi connectivity index (χ1v) is 8.13. The molecule has 0 aromatic heterocycles. The van der Waals surface area contributed by atoms with E-state index < -0.39 is 35.2 Å². The first-order valence-electron chi connectivity index (χ1n) is 8.13. The smallest absolute Gasteiger partial charge is 0.872 e. The van der Waals surface area contributed by atoms with Crippen molar-refractivity contribution in [1.82, 2.24) is 0 Å². The van der Waals surface area contributed by atoms with Gasteiger partial charge in [0.15, 0.2) is 0 Å². The van der Waals surface area contributed by atoms with E-state index in [4.69, 9.17) is 15.3 Å². The molecule has 0 amide bonds. The van der Waals surface area contributed by atoms with E-state index in [2.05, 4.69) is 0 Å². The van der Waals surface area contributed by atoms with Crippen molar-refractivity contribution >= 4 is 17.9 Å². The molecule has 0 aliphatic heterocycles. The largest absolute Gasteiger partial charge is 3.00 e. The van der Waals surface area contributed by atoms with Crippen LogP contribution in [-0.4, -0.2) is 33.2 Å². The van der Waals surface area contributed by atoms with Gasteiger partial charge in [0.25, 0.3) is 0 Å². The van der Waals surface area contributed by atoms with Crippen LogP contribution in [0.3, 0.4) is 0 Å². The monoisotopic (exact) mass is 459 g/mol. The standard InChI is InChI=1S/3C7H6O3.Ti/c3*8-6-4-2-1-3-5(6)7(9)10;/h3*1-4,8H,(H,9,10);/q;;;+3/p-3. The zero-order valence-corrected chi connectivity index (χ0v) is 17.3. The Labute approximate surface area is 191 Å². The average molecular weight is 459 g/mol. The van der Waals surface area contributed by atoms with E-state index in [1.165, 1.54) is 72.8 Å². The molecular weight excluding hydrogens is 444 g/mol. The van der Waals surface area contributed by atoms with Crippen LogP contribution in [0.25, 0.3) is 0 Å². The van der Waals surface area contributed by atoms with E-state index in [0.29, 0.717) is 0 Å². The molecular formula is C21H15O9Ti. The Morgan fingerprint density at radius 1 is 0.484 bits per heavy atom. The molecule has 0 aliphatic rings. The minimum Gasteiger partial charge on any atom is -0.872 e. The van der Waals surface area contributed by atoms with Crippen molar-refractivity contribution in [2.45, 2.75) is 0 Å². The molecule has 10 heteroatoms. The number of hydrogen-bond donors (Lipinski definition) is 3. The summed E-state index contributed by atoms with van der Waals surface area (Å²) in [7, 11) is 0. The second-order valence-electron chi connectivity index (χ2n) is 5.40. The van der Waals surface area contributed by atoms with Gasteiger partial charge in [0, 0.05) is 0 Å². The van der Waals surface area contributed by atoms with Crippen LogP contribution >= 0.6 is 0 Å². The fourth-order valence-electron chi connectivity index (χ4n) is 1.93. The molecule has 0 unspecified atom stereocenters. The minimum atomic E-state index is -1.18. The third kappa shape index (κ3) is 9.03. The number of hydrogen-bond acceptors (Lipinski definition) is 6. The van der Waals surface area contributed by atoms with E-state index in [1.54, 1.807) is 0 Å². The Morgan fingerprint density at radius 3 is 0.806 bits per heavy atom. The van der Waals surface area contributed by atoms with E-state index in [1.807, 2.05) is 0 Å². The van der Waals surface area contributed by atoms with Crippen LogP contribution in [0.5, 0.6) is 17.2 Å². The van der Waals surface area contributed by atoms with Crippen molar-refractivity contribution in [2.75, 3.05) is 0 Å². The Bertz CT molecular complexity index is 903. The second-order valence-corrected chi connectivity index (χ2v) is 5.40. The van der Waals surface area contributed by atoms with Crippen molar-refractivity contribution in [1.29, 1.82) is 0 Å². The molecule has 0 saturated heterocycles. The van der Waals surface area contributed by atoms with E-state index in [0.717, 1.165) is 0 Å². The average Bonchev–Trinajstić information content (AvgIpc) is 2.69. The van der Waals surface area contributed by atoms with E-state index in [-0.39, 0.29) is 38.4 Å². The molecule has 3 aromatic rings. The summed E-state index contributed by atoms with van der Waals surface area (Å²) in [4.78, 5) is 30.7. The Balaban J connectivity index is 0.000000429. The van der Waals surface area contributed by atoms with Gasteiger partial charge in [-0.3, -0.25) is 0 Å². The van der Waals surface area contributed by atoms with Crippen LogP contribution in [0.4, 0.5) is 0 Å². The quantitative estimate of drug-likeness (QED) is 0.487. The molecule has 157 valence electrons. The van der Waals surface area contributed by atoms with Crippen LogP contribution in [0.1, 0.15) is 31.1 Å². The van der Waals surface area contributed by atoms with Crippen molar-refractivity contribution < 1.29 is 66.7 Å². The summed E-state index contributed by atoms with van der Waals surface area (Å²) in [5, 5.41) is 57.1. The maximum Gasteiger partial charge on any atom is 3.00 e. The second kappa shape index (κ2) is 13.4. The fraction of sp³-hybridized carbons (Fsp3) is 0. The first kappa shape index (κ1) is 27.2.